The molecule has 6 atom stereocenters. The monoisotopic (exact) mass is 898 g/mol. The Hall–Kier alpha value is -4.64. The van der Waals surface area contributed by atoms with Crippen LogP contribution in [0.5, 0.6) is 5.75 Å². The Balaban J connectivity index is 1.90. The average molecular weight is 899 g/mol. The summed E-state index contributed by atoms with van der Waals surface area (Å²) in [6.45, 7) is 8.11. The van der Waals surface area contributed by atoms with E-state index >= 15 is 0 Å². The number of carboxylic acid groups (broad SMARTS) is 1. The van der Waals surface area contributed by atoms with Crippen LogP contribution in [0.15, 0.2) is 78.4 Å². The second-order valence-electron chi connectivity index (χ2n) is 16.6. The minimum Gasteiger partial charge on any atom is -0.497 e. The number of hydrogen-bond donors (Lipinski definition) is 3. The van der Waals surface area contributed by atoms with Gasteiger partial charge in [-0.1, -0.05) is 95.0 Å². The van der Waals surface area contributed by atoms with E-state index in [1.807, 2.05) is 61.5 Å². The van der Waals surface area contributed by atoms with E-state index in [-0.39, 0.29) is 64.1 Å². The third kappa shape index (κ3) is 18.8. The molecule has 3 rings (SSSR count). The molecule has 15 heteroatoms. The van der Waals surface area contributed by atoms with Gasteiger partial charge in [0.1, 0.15) is 5.75 Å². The van der Waals surface area contributed by atoms with Crippen molar-refractivity contribution in [3.8, 4) is 5.75 Å². The highest BCUT2D eigenvalue weighted by Crippen LogP contribution is 2.47. The molecule has 0 spiro atoms. The first-order valence-corrected chi connectivity index (χ1v) is 22.2. The van der Waals surface area contributed by atoms with Crippen molar-refractivity contribution in [2.75, 3.05) is 34.0 Å². The molecule has 0 aromatic heterocycles. The lowest BCUT2D eigenvalue weighted by atomic mass is 9.74. The van der Waals surface area contributed by atoms with Crippen LogP contribution in [0.3, 0.4) is 0 Å². The number of unbranched alkanes of at least 4 members (excludes halogenated alkanes) is 4. The minimum atomic E-state index is -2.34. The van der Waals surface area contributed by atoms with E-state index in [1.54, 1.807) is 21.0 Å². The van der Waals surface area contributed by atoms with Gasteiger partial charge in [-0.15, -0.1) is 0 Å². The molecule has 1 heterocycles. The highest BCUT2D eigenvalue weighted by atomic mass is 16.7. The zero-order valence-electron chi connectivity index (χ0n) is 38.4. The normalized spacial score (nSPS) is 19.8. The van der Waals surface area contributed by atoms with Crippen LogP contribution in [0, 0.1) is 5.41 Å². The Bertz CT molecular complexity index is 1760. The third-order valence-corrected chi connectivity index (χ3v) is 11.0. The van der Waals surface area contributed by atoms with E-state index < -0.39 is 65.6 Å². The van der Waals surface area contributed by atoms with E-state index in [9.17, 15) is 29.4 Å². The zero-order valence-corrected chi connectivity index (χ0v) is 38.4. The number of ether oxygens (including phenoxy) is 8. The van der Waals surface area contributed by atoms with Gasteiger partial charge in [0, 0.05) is 50.0 Å². The van der Waals surface area contributed by atoms with Gasteiger partial charge < -0.3 is 53.2 Å². The maximum absolute atomic E-state index is 13.5. The van der Waals surface area contributed by atoms with Crippen molar-refractivity contribution in [1.82, 2.24) is 0 Å². The summed E-state index contributed by atoms with van der Waals surface area (Å²) in [5.74, 6) is -4.76. The number of aliphatic hydroxyl groups excluding tert-OH is 1. The number of carboxylic acids is 1. The van der Waals surface area contributed by atoms with Crippen LogP contribution in [0.4, 0.5) is 0 Å². The summed E-state index contributed by atoms with van der Waals surface area (Å²) in [4.78, 5) is 50.2. The van der Waals surface area contributed by atoms with Crippen molar-refractivity contribution < 1.29 is 72.4 Å². The van der Waals surface area contributed by atoms with E-state index in [0.29, 0.717) is 25.2 Å². The smallest absolute Gasteiger partial charge is 0.330 e. The highest BCUT2D eigenvalue weighted by molar-refractivity contribution is 5.83. The zero-order chi connectivity index (χ0) is 47.0. The van der Waals surface area contributed by atoms with Gasteiger partial charge in [0.05, 0.1) is 64.9 Å². The Labute approximate surface area is 378 Å². The van der Waals surface area contributed by atoms with Gasteiger partial charge in [0.15, 0.2) is 6.10 Å². The number of benzene rings is 2. The minimum absolute atomic E-state index is 0.00290. The predicted octanol–water partition coefficient (Wildman–Crippen LogP) is 7.18. The Morgan fingerprint density at radius 1 is 0.891 bits per heavy atom. The molecule has 1 fully saturated rings. The van der Waals surface area contributed by atoms with Crippen LogP contribution >= 0.6 is 0 Å². The Kier molecular flexibility index (Phi) is 23.8. The van der Waals surface area contributed by atoms with Crippen molar-refractivity contribution in [1.29, 1.82) is 0 Å². The van der Waals surface area contributed by atoms with Crippen LogP contribution in [0.1, 0.15) is 109 Å². The third-order valence-electron chi connectivity index (χ3n) is 11.0. The molecule has 0 saturated carbocycles. The van der Waals surface area contributed by atoms with Gasteiger partial charge in [-0.05, 0) is 55.0 Å². The number of rotatable bonds is 30. The molecule has 15 nitrogen and oxygen atoms in total. The largest absolute Gasteiger partial charge is 0.497 e. The lowest BCUT2D eigenvalue weighted by Gasteiger charge is -2.51. The Morgan fingerprint density at radius 2 is 1.58 bits per heavy atom. The molecule has 0 aliphatic carbocycles. The highest BCUT2D eigenvalue weighted by Gasteiger charge is 2.57. The van der Waals surface area contributed by atoms with Crippen molar-refractivity contribution in [3.05, 3.63) is 89.5 Å². The maximum atomic E-state index is 13.5. The van der Waals surface area contributed by atoms with Gasteiger partial charge in [-0.25, -0.2) is 9.59 Å². The number of aliphatic hydroxyl groups is 2. The van der Waals surface area contributed by atoms with Gasteiger partial charge in [-0.3, -0.25) is 9.59 Å². The van der Waals surface area contributed by atoms with E-state index in [2.05, 4.69) is 6.92 Å². The number of esters is 3. The van der Waals surface area contributed by atoms with E-state index in [0.717, 1.165) is 42.9 Å². The summed E-state index contributed by atoms with van der Waals surface area (Å²) >= 11 is 0. The Morgan fingerprint density at radius 3 is 2.25 bits per heavy atom. The first kappa shape index (κ1) is 53.7. The number of methoxy groups -OCH3 is 2. The molecular formula is C49H70O15. The summed E-state index contributed by atoms with van der Waals surface area (Å²) in [5, 5.41) is 31.4. The molecule has 0 radical (unpaired) electrons. The molecule has 2 aromatic rings. The molecule has 1 aliphatic rings. The van der Waals surface area contributed by atoms with Gasteiger partial charge in [-0.2, -0.15) is 0 Å². The van der Waals surface area contributed by atoms with Gasteiger partial charge in [0.25, 0.3) is 0 Å². The van der Waals surface area contributed by atoms with Crippen LogP contribution < -0.4 is 4.74 Å². The number of carbonyl (C=O) groups is 4. The van der Waals surface area contributed by atoms with Crippen molar-refractivity contribution in [2.24, 2.45) is 5.41 Å². The molecule has 0 bridgehead atoms. The summed E-state index contributed by atoms with van der Waals surface area (Å²) in [5.41, 5.74) is 0.654. The van der Waals surface area contributed by atoms with Crippen LogP contribution in [0.2, 0.25) is 0 Å². The molecule has 1 saturated heterocycles. The number of aliphatic carboxylic acids is 1. The molecular weight excluding hydrogens is 829 g/mol. The molecule has 64 heavy (non-hydrogen) atoms. The lowest BCUT2D eigenvalue weighted by molar-refractivity contribution is -0.328. The molecule has 3 N–H and O–H groups in total. The van der Waals surface area contributed by atoms with Crippen LogP contribution in [0.25, 0.3) is 0 Å². The first-order valence-electron chi connectivity index (χ1n) is 22.2. The standard InChI is InChI=1S/C49H70O15/c1-7-8-9-10-14-18-45(54)63-47-38(30-46(55)58-6)29-41(32-42(35(2)61-33-36-16-12-11-13-17-36)62-34-37-19-21-40(57-5)22-20-37)64-49(47,56)48(3,4)25-23-44(53)60-27-15-26-59-28-24-39(50)31-43(51)52/h11-13,16-17,19-23,25,30,35,39,41-42,47,50,56H,7-10,14-15,18,24,26-29,31-34H2,1-6H3,(H,51,52)/t35-,39-,41+,42-,47+,49-/m1/s1. The summed E-state index contributed by atoms with van der Waals surface area (Å²) in [7, 11) is 2.82. The first-order chi connectivity index (χ1) is 30.6. The molecule has 0 unspecified atom stereocenters. The van der Waals surface area contributed by atoms with Crippen molar-refractivity contribution in [3.63, 3.8) is 0 Å². The average Bonchev–Trinajstić information content (AvgIpc) is 3.27. The van der Waals surface area contributed by atoms with Crippen LogP contribution in [-0.2, 0) is 65.5 Å². The summed E-state index contributed by atoms with van der Waals surface area (Å²) in [6, 6.07) is 17.2. The van der Waals surface area contributed by atoms with E-state index in [4.69, 9.17) is 43.0 Å². The number of carbonyl (C=O) groups excluding carboxylic acids is 3. The van der Waals surface area contributed by atoms with Gasteiger partial charge >= 0.3 is 23.9 Å². The fourth-order valence-electron chi connectivity index (χ4n) is 7.05. The fraction of sp³-hybridized carbons (Fsp3) is 0.592. The number of hydrogen-bond acceptors (Lipinski definition) is 14. The summed E-state index contributed by atoms with van der Waals surface area (Å²) < 4.78 is 46.7. The maximum Gasteiger partial charge on any atom is 0.330 e. The quantitative estimate of drug-likeness (QED) is 0.0308. The van der Waals surface area contributed by atoms with Crippen LogP contribution in [-0.4, -0.2) is 110 Å². The molecule has 2 aromatic carbocycles. The van der Waals surface area contributed by atoms with Crippen molar-refractivity contribution in [2.45, 2.75) is 148 Å². The topological polar surface area (TPSA) is 203 Å². The SMILES string of the molecule is CCCCCCCC(=O)O[C@H]1C(=CC(=O)OC)C[C@@H](C[C@@H](OCc2ccc(OC)cc2)[C@@H](C)OCc2ccccc2)O[C@@]1(O)C(C)(C)C=CC(=O)OCCCOCC[C@@H](O)CC(=O)O. The second-order valence-corrected chi connectivity index (χ2v) is 16.6. The lowest BCUT2D eigenvalue weighted by Crippen LogP contribution is -2.62. The molecule has 356 valence electrons. The predicted molar refractivity (Wildman–Crippen MR) is 237 cm³/mol. The van der Waals surface area contributed by atoms with E-state index in [1.165, 1.54) is 19.3 Å². The fourth-order valence-corrected chi connectivity index (χ4v) is 7.05. The van der Waals surface area contributed by atoms with Crippen molar-refractivity contribution >= 4 is 23.9 Å². The second kappa shape index (κ2) is 28.3. The summed E-state index contributed by atoms with van der Waals surface area (Å²) in [6.07, 6.45) is 4.25. The van der Waals surface area contributed by atoms with Gasteiger partial charge in [0.2, 0.25) is 5.79 Å². The molecule has 0 amide bonds. The molecule has 1 aliphatic heterocycles.